The summed E-state index contributed by atoms with van der Waals surface area (Å²) in [5.41, 5.74) is 2.63. The number of nitrogens with one attached hydrogen (secondary N) is 1. The minimum absolute atomic E-state index is 0.0954. The molecule has 9 nitrogen and oxygen atoms in total. The highest BCUT2D eigenvalue weighted by Gasteiger charge is 2.31. The van der Waals surface area contributed by atoms with Crippen molar-refractivity contribution in [3.63, 3.8) is 0 Å². The van der Waals surface area contributed by atoms with Crippen LogP contribution in [0.2, 0.25) is 0 Å². The molecule has 0 radical (unpaired) electrons. The first kappa shape index (κ1) is 20.7. The molecule has 0 saturated heterocycles. The van der Waals surface area contributed by atoms with Gasteiger partial charge in [-0.1, -0.05) is 48.5 Å². The Morgan fingerprint density at radius 1 is 1.03 bits per heavy atom. The molecule has 1 unspecified atom stereocenters. The van der Waals surface area contributed by atoms with Gasteiger partial charge in [-0.25, -0.2) is 9.79 Å². The Bertz CT molecular complexity index is 1210. The molecule has 1 atom stereocenters. The van der Waals surface area contributed by atoms with Gasteiger partial charge < -0.3 is 9.64 Å². The molecule has 32 heavy (non-hydrogen) atoms. The normalized spacial score (nSPS) is 15.3. The summed E-state index contributed by atoms with van der Waals surface area (Å²) in [4.78, 5) is 41.7. The molecule has 0 saturated carbocycles. The number of aliphatic imine (C=N–C) groups is 1. The molecular formula is C23H18N4O5. The fraction of sp³-hybridized carbons (Fsp3) is 0.0870. The van der Waals surface area contributed by atoms with Crippen LogP contribution in [0.5, 0.6) is 5.75 Å². The second-order valence-electron chi connectivity index (χ2n) is 6.95. The van der Waals surface area contributed by atoms with Crippen molar-refractivity contribution < 1.29 is 19.2 Å². The number of para-hydroxylation sites is 1. The summed E-state index contributed by atoms with van der Waals surface area (Å²) in [6.07, 6.45) is -2.14. The number of hydrogen-bond donors (Lipinski definition) is 1. The summed E-state index contributed by atoms with van der Waals surface area (Å²) in [6.45, 7) is 0. The van der Waals surface area contributed by atoms with Gasteiger partial charge in [0.1, 0.15) is 5.75 Å². The Morgan fingerprint density at radius 3 is 2.38 bits per heavy atom. The zero-order valence-electron chi connectivity index (χ0n) is 17.0. The zero-order chi connectivity index (χ0) is 22.7. The molecule has 1 aliphatic heterocycles. The van der Waals surface area contributed by atoms with Gasteiger partial charge in [0.2, 0.25) is 6.17 Å². The van der Waals surface area contributed by atoms with E-state index in [0.29, 0.717) is 11.4 Å². The summed E-state index contributed by atoms with van der Waals surface area (Å²) in [5, 5.41) is 13.3. The molecule has 1 aliphatic rings. The Labute approximate surface area is 183 Å². The van der Waals surface area contributed by atoms with Crippen molar-refractivity contribution in [2.75, 3.05) is 11.9 Å². The van der Waals surface area contributed by atoms with Crippen molar-refractivity contribution >= 4 is 29.1 Å². The largest absolute Gasteiger partial charge is 0.414 e. The third-order valence-electron chi connectivity index (χ3n) is 4.90. The molecule has 1 N–H and O–H groups in total. The molecule has 160 valence electrons. The Balaban J connectivity index is 1.63. The number of hydrogen-bond acceptors (Lipinski definition) is 6. The summed E-state index contributed by atoms with van der Waals surface area (Å²) < 4.78 is 5.18. The number of likely N-dealkylation sites (N-methyl/N-ethyl adjacent to an activating group) is 1. The molecule has 3 aromatic rings. The second kappa shape index (κ2) is 8.68. The smallest absolute Gasteiger partial charge is 0.410 e. The van der Waals surface area contributed by atoms with E-state index < -0.39 is 23.1 Å². The SMILES string of the molecule is CN1C(=O)C(NC(=O)Oc2ccc([N+](=O)[O-])cc2)N=C(c2ccccc2)c2ccccc21. The van der Waals surface area contributed by atoms with Crippen LogP contribution in [0, 0.1) is 10.1 Å². The maximum Gasteiger partial charge on any atom is 0.414 e. The number of benzene rings is 3. The van der Waals surface area contributed by atoms with Gasteiger partial charge in [-0.05, 0) is 18.2 Å². The van der Waals surface area contributed by atoms with Gasteiger partial charge >= 0.3 is 6.09 Å². The first-order valence-electron chi connectivity index (χ1n) is 9.67. The van der Waals surface area contributed by atoms with Gasteiger partial charge in [0.05, 0.1) is 16.3 Å². The maximum atomic E-state index is 13.1. The van der Waals surface area contributed by atoms with Gasteiger partial charge in [-0.15, -0.1) is 0 Å². The van der Waals surface area contributed by atoms with Crippen molar-refractivity contribution in [3.8, 4) is 5.75 Å². The molecule has 0 fully saturated rings. The number of anilines is 1. The fourth-order valence-corrected chi connectivity index (χ4v) is 3.33. The molecule has 9 heteroatoms. The van der Waals surface area contributed by atoms with E-state index in [-0.39, 0.29) is 11.4 Å². The lowest BCUT2D eigenvalue weighted by atomic mass is 10.0. The number of nitro groups is 1. The van der Waals surface area contributed by atoms with Crippen LogP contribution in [0.15, 0.2) is 83.9 Å². The van der Waals surface area contributed by atoms with Crippen LogP contribution in [0.25, 0.3) is 0 Å². The van der Waals surface area contributed by atoms with E-state index in [0.717, 1.165) is 11.1 Å². The van der Waals surface area contributed by atoms with Crippen LogP contribution >= 0.6 is 0 Å². The van der Waals surface area contributed by atoms with Gasteiger partial charge in [0, 0.05) is 30.3 Å². The van der Waals surface area contributed by atoms with Crippen molar-refractivity contribution in [1.82, 2.24) is 5.32 Å². The van der Waals surface area contributed by atoms with E-state index in [1.54, 1.807) is 7.05 Å². The highest BCUT2D eigenvalue weighted by molar-refractivity contribution is 6.20. The highest BCUT2D eigenvalue weighted by Crippen LogP contribution is 2.27. The minimum atomic E-state index is -1.23. The number of rotatable bonds is 4. The van der Waals surface area contributed by atoms with Crippen molar-refractivity contribution in [2.45, 2.75) is 6.17 Å². The van der Waals surface area contributed by atoms with Crippen LogP contribution in [-0.4, -0.2) is 35.8 Å². The van der Waals surface area contributed by atoms with Crippen molar-refractivity contribution in [1.29, 1.82) is 0 Å². The van der Waals surface area contributed by atoms with E-state index in [1.165, 1.54) is 29.2 Å². The third-order valence-corrected chi connectivity index (χ3v) is 4.90. The molecule has 0 bridgehead atoms. The Morgan fingerprint density at radius 2 is 1.69 bits per heavy atom. The van der Waals surface area contributed by atoms with E-state index in [2.05, 4.69) is 10.3 Å². The molecule has 0 aromatic heterocycles. The number of non-ortho nitro benzene ring substituents is 1. The first-order chi connectivity index (χ1) is 15.4. The number of amides is 2. The topological polar surface area (TPSA) is 114 Å². The quantitative estimate of drug-likeness (QED) is 0.502. The lowest BCUT2D eigenvalue weighted by Crippen LogP contribution is -2.47. The minimum Gasteiger partial charge on any atom is -0.410 e. The Hall–Kier alpha value is -4.53. The van der Waals surface area contributed by atoms with Crippen LogP contribution in [-0.2, 0) is 4.79 Å². The van der Waals surface area contributed by atoms with Crippen LogP contribution in [0.1, 0.15) is 11.1 Å². The monoisotopic (exact) mass is 430 g/mol. The number of nitro benzene ring substituents is 1. The fourth-order valence-electron chi connectivity index (χ4n) is 3.33. The molecule has 0 spiro atoms. The average Bonchev–Trinajstić information content (AvgIpc) is 2.91. The number of fused-ring (bicyclic) bond motifs is 1. The van der Waals surface area contributed by atoms with Crippen LogP contribution in [0.3, 0.4) is 0 Å². The van der Waals surface area contributed by atoms with Crippen LogP contribution in [0.4, 0.5) is 16.2 Å². The summed E-state index contributed by atoms with van der Waals surface area (Å²) in [6, 6.07) is 21.7. The van der Waals surface area contributed by atoms with Crippen LogP contribution < -0.4 is 15.0 Å². The molecule has 0 aliphatic carbocycles. The first-order valence-corrected chi connectivity index (χ1v) is 9.67. The standard InChI is InChI=1S/C23H18N4O5/c1-26-19-10-6-5-9-18(19)20(15-7-3-2-4-8-15)24-21(22(26)28)25-23(29)32-17-13-11-16(12-14-17)27(30)31/h2-14,21H,1H3,(H,25,29). The number of carbonyl (C=O) groups excluding carboxylic acids is 2. The molecule has 3 aromatic carbocycles. The van der Waals surface area contributed by atoms with Crippen molar-refractivity contribution in [2.24, 2.45) is 4.99 Å². The van der Waals surface area contributed by atoms with E-state index >= 15 is 0 Å². The van der Waals surface area contributed by atoms with E-state index in [4.69, 9.17) is 4.74 Å². The molecule has 4 rings (SSSR count). The summed E-state index contributed by atoms with van der Waals surface area (Å²) in [5.74, 6) is -0.345. The predicted molar refractivity (Wildman–Crippen MR) is 118 cm³/mol. The van der Waals surface area contributed by atoms with E-state index in [1.807, 2.05) is 54.6 Å². The number of ether oxygens (including phenoxy) is 1. The second-order valence-corrected chi connectivity index (χ2v) is 6.95. The highest BCUT2D eigenvalue weighted by atomic mass is 16.6. The van der Waals surface area contributed by atoms with E-state index in [9.17, 15) is 19.7 Å². The number of carbonyl (C=O) groups is 2. The van der Waals surface area contributed by atoms with Gasteiger partial charge in [-0.3, -0.25) is 20.2 Å². The van der Waals surface area contributed by atoms with Gasteiger partial charge in [-0.2, -0.15) is 0 Å². The molecule has 1 heterocycles. The van der Waals surface area contributed by atoms with Crippen molar-refractivity contribution in [3.05, 3.63) is 100 Å². The lowest BCUT2D eigenvalue weighted by Gasteiger charge is -2.20. The molecular weight excluding hydrogens is 412 g/mol. The third kappa shape index (κ3) is 4.17. The van der Waals surface area contributed by atoms with Gasteiger partial charge in [0.25, 0.3) is 11.6 Å². The maximum absolute atomic E-state index is 13.1. The average molecular weight is 430 g/mol. The van der Waals surface area contributed by atoms with Gasteiger partial charge in [0.15, 0.2) is 0 Å². The number of benzodiazepines with no additional fused rings is 1. The summed E-state index contributed by atoms with van der Waals surface area (Å²) >= 11 is 0. The predicted octanol–water partition coefficient (Wildman–Crippen LogP) is 3.52. The lowest BCUT2D eigenvalue weighted by molar-refractivity contribution is -0.384. The Kier molecular flexibility index (Phi) is 5.63. The zero-order valence-corrected chi connectivity index (χ0v) is 17.0. The number of nitrogens with zero attached hydrogens (tertiary/aromatic N) is 3. The molecule has 2 amide bonds. The summed E-state index contributed by atoms with van der Waals surface area (Å²) in [7, 11) is 1.61.